The highest BCUT2D eigenvalue weighted by atomic mass is 32.1. The van der Waals surface area contributed by atoms with E-state index in [0.29, 0.717) is 0 Å². The summed E-state index contributed by atoms with van der Waals surface area (Å²) in [5, 5.41) is 6.95. The topological polar surface area (TPSA) is 45.7 Å². The van der Waals surface area contributed by atoms with Crippen LogP contribution in [0, 0.1) is 0 Å². The van der Waals surface area contributed by atoms with Gasteiger partial charge in [0.2, 0.25) is 0 Å². The van der Waals surface area contributed by atoms with Gasteiger partial charge in [-0.3, -0.25) is 4.79 Å². The molecule has 0 unspecified atom stereocenters. The molecule has 1 aromatic heterocycles. The Kier molecular flexibility index (Phi) is 6.16. The van der Waals surface area contributed by atoms with Crippen LogP contribution in [0.4, 0.5) is 0 Å². The lowest BCUT2D eigenvalue weighted by molar-refractivity contribution is -0.704. The van der Waals surface area contributed by atoms with Crippen LogP contribution >= 0.6 is 11.3 Å². The minimum absolute atomic E-state index is 0.0594. The molecule has 1 heterocycles. The Morgan fingerprint density at radius 2 is 2.00 bits per heavy atom. The van der Waals surface area contributed by atoms with Gasteiger partial charge in [0.25, 0.3) is 5.91 Å². The third-order valence-electron chi connectivity index (χ3n) is 3.87. The lowest BCUT2D eigenvalue weighted by Crippen LogP contribution is -2.92. The summed E-state index contributed by atoms with van der Waals surface area (Å²) in [5.41, 5.74) is 2.62. The van der Waals surface area contributed by atoms with Crippen molar-refractivity contribution < 1.29 is 10.1 Å². The molecule has 3 nitrogen and oxygen atoms in total. The Balaban J connectivity index is 2.23. The highest BCUT2D eigenvalue weighted by molar-refractivity contribution is 7.10. The fourth-order valence-electron chi connectivity index (χ4n) is 2.62. The van der Waals surface area contributed by atoms with E-state index < -0.39 is 0 Å². The van der Waals surface area contributed by atoms with Gasteiger partial charge >= 0.3 is 0 Å². The standard InChI is InChI=1S/C18H24N2OS/c1-4-6-14-8-10-15(11-9-14)17(16-7-5-12-22-16)20-13(2)18(21)19-3/h5,7-13,17,20H,4,6H2,1-3H3,(H,19,21)/p+1/t13-,17+/m1/s1. The first-order valence-electron chi connectivity index (χ1n) is 7.84. The second kappa shape index (κ2) is 8.11. The SMILES string of the molecule is CCCc1ccc([C@H]([NH2+][C@H](C)C(=O)NC)c2cccs2)cc1. The number of amides is 1. The van der Waals surface area contributed by atoms with E-state index in [1.165, 1.54) is 16.0 Å². The molecule has 2 atom stereocenters. The average molecular weight is 317 g/mol. The first kappa shape index (κ1) is 16.7. The molecule has 0 saturated heterocycles. The Labute approximate surface area is 136 Å². The molecule has 0 saturated carbocycles. The van der Waals surface area contributed by atoms with Crippen LogP contribution in [0.3, 0.4) is 0 Å². The number of likely N-dealkylation sites (N-methyl/N-ethyl adjacent to an activating group) is 1. The summed E-state index contributed by atoms with van der Waals surface area (Å²) in [7, 11) is 1.69. The van der Waals surface area contributed by atoms with E-state index in [1.807, 2.05) is 6.92 Å². The molecule has 0 aliphatic heterocycles. The second-order valence-electron chi connectivity index (χ2n) is 5.58. The van der Waals surface area contributed by atoms with Crippen molar-refractivity contribution in [3.8, 4) is 0 Å². The summed E-state index contributed by atoms with van der Waals surface area (Å²) in [5.74, 6) is 0.0594. The van der Waals surface area contributed by atoms with Crippen molar-refractivity contribution in [3.63, 3.8) is 0 Å². The molecule has 4 heteroatoms. The van der Waals surface area contributed by atoms with E-state index in [0.717, 1.165) is 12.8 Å². The zero-order valence-corrected chi connectivity index (χ0v) is 14.3. The molecule has 2 aromatic rings. The van der Waals surface area contributed by atoms with Gasteiger partial charge in [-0.1, -0.05) is 43.7 Å². The van der Waals surface area contributed by atoms with Crippen LogP contribution in [0.25, 0.3) is 0 Å². The van der Waals surface area contributed by atoms with Gasteiger partial charge in [0.1, 0.15) is 6.04 Å². The zero-order chi connectivity index (χ0) is 15.9. The molecule has 118 valence electrons. The predicted octanol–water partition coefficient (Wildman–Crippen LogP) is 2.49. The third kappa shape index (κ3) is 4.18. The maximum atomic E-state index is 11.8. The fourth-order valence-corrected chi connectivity index (χ4v) is 3.46. The van der Waals surface area contributed by atoms with E-state index in [2.05, 4.69) is 59.3 Å². The lowest BCUT2D eigenvalue weighted by Gasteiger charge is -2.19. The summed E-state index contributed by atoms with van der Waals surface area (Å²) in [6, 6.07) is 13.1. The van der Waals surface area contributed by atoms with Crippen molar-refractivity contribution >= 4 is 17.2 Å². The molecular formula is C18H25N2OS+. The number of carbonyl (C=O) groups is 1. The molecule has 1 aromatic carbocycles. The summed E-state index contributed by atoms with van der Waals surface area (Å²) in [6.45, 7) is 4.14. The Hall–Kier alpha value is -1.65. The number of benzene rings is 1. The Bertz CT molecular complexity index is 578. The summed E-state index contributed by atoms with van der Waals surface area (Å²) < 4.78 is 0. The minimum Gasteiger partial charge on any atom is -0.354 e. The van der Waals surface area contributed by atoms with Crippen molar-refractivity contribution in [2.75, 3.05) is 7.05 Å². The molecule has 0 bridgehead atoms. The molecule has 1 amide bonds. The van der Waals surface area contributed by atoms with Crippen LogP contribution < -0.4 is 10.6 Å². The van der Waals surface area contributed by atoms with Crippen molar-refractivity contribution in [1.29, 1.82) is 0 Å². The van der Waals surface area contributed by atoms with Gasteiger partial charge in [0.15, 0.2) is 6.04 Å². The van der Waals surface area contributed by atoms with Gasteiger partial charge in [-0.15, -0.1) is 11.3 Å². The lowest BCUT2D eigenvalue weighted by atomic mass is 10.0. The van der Waals surface area contributed by atoms with Crippen LogP contribution in [0.2, 0.25) is 0 Å². The number of nitrogens with two attached hydrogens (primary N) is 1. The van der Waals surface area contributed by atoms with Crippen molar-refractivity contribution in [3.05, 3.63) is 57.8 Å². The molecule has 0 aliphatic rings. The van der Waals surface area contributed by atoms with Crippen LogP contribution in [-0.4, -0.2) is 19.0 Å². The Morgan fingerprint density at radius 1 is 1.27 bits per heavy atom. The molecule has 0 spiro atoms. The zero-order valence-electron chi connectivity index (χ0n) is 13.5. The number of hydrogen-bond donors (Lipinski definition) is 2. The van der Waals surface area contributed by atoms with Crippen LogP contribution in [0.15, 0.2) is 41.8 Å². The van der Waals surface area contributed by atoms with Crippen molar-refractivity contribution in [2.24, 2.45) is 0 Å². The smallest absolute Gasteiger partial charge is 0.277 e. The van der Waals surface area contributed by atoms with Gasteiger partial charge in [-0.05, 0) is 30.4 Å². The second-order valence-corrected chi connectivity index (χ2v) is 6.56. The molecule has 3 N–H and O–H groups in total. The minimum atomic E-state index is -0.118. The quantitative estimate of drug-likeness (QED) is 0.810. The van der Waals surface area contributed by atoms with Gasteiger partial charge in [0.05, 0.1) is 4.88 Å². The van der Waals surface area contributed by atoms with Crippen molar-refractivity contribution in [2.45, 2.75) is 38.8 Å². The molecule has 0 fully saturated rings. The third-order valence-corrected chi connectivity index (χ3v) is 4.82. The number of aryl methyl sites for hydroxylation is 1. The number of rotatable bonds is 7. The van der Waals surface area contributed by atoms with Gasteiger partial charge in [-0.2, -0.15) is 0 Å². The fraction of sp³-hybridized carbons (Fsp3) is 0.389. The first-order chi connectivity index (χ1) is 10.7. The molecule has 2 rings (SSSR count). The largest absolute Gasteiger partial charge is 0.354 e. The van der Waals surface area contributed by atoms with Gasteiger partial charge < -0.3 is 10.6 Å². The number of hydrogen-bond acceptors (Lipinski definition) is 2. The molecular weight excluding hydrogens is 292 g/mol. The summed E-state index contributed by atoms with van der Waals surface area (Å²) in [6.07, 6.45) is 2.27. The molecule has 22 heavy (non-hydrogen) atoms. The normalized spacial score (nSPS) is 13.6. The van der Waals surface area contributed by atoms with E-state index in [4.69, 9.17) is 0 Å². The predicted molar refractivity (Wildman–Crippen MR) is 92.1 cm³/mol. The van der Waals surface area contributed by atoms with E-state index >= 15 is 0 Å². The Morgan fingerprint density at radius 3 is 2.55 bits per heavy atom. The highest BCUT2D eigenvalue weighted by Gasteiger charge is 2.24. The average Bonchev–Trinajstić information content (AvgIpc) is 3.07. The number of thiophene rings is 1. The highest BCUT2D eigenvalue weighted by Crippen LogP contribution is 2.23. The number of nitrogens with one attached hydrogen (secondary N) is 1. The molecule has 0 aliphatic carbocycles. The monoisotopic (exact) mass is 317 g/mol. The van der Waals surface area contributed by atoms with Crippen LogP contribution in [0.5, 0.6) is 0 Å². The van der Waals surface area contributed by atoms with Crippen LogP contribution in [0.1, 0.15) is 42.3 Å². The van der Waals surface area contributed by atoms with E-state index in [1.54, 1.807) is 18.4 Å². The number of quaternary nitrogens is 1. The summed E-state index contributed by atoms with van der Waals surface area (Å²) in [4.78, 5) is 13.1. The first-order valence-corrected chi connectivity index (χ1v) is 8.72. The van der Waals surface area contributed by atoms with Gasteiger partial charge in [0, 0.05) is 12.6 Å². The number of carbonyl (C=O) groups excluding carboxylic acids is 1. The van der Waals surface area contributed by atoms with Crippen LogP contribution in [-0.2, 0) is 11.2 Å². The summed E-state index contributed by atoms with van der Waals surface area (Å²) >= 11 is 1.74. The maximum absolute atomic E-state index is 11.8. The maximum Gasteiger partial charge on any atom is 0.277 e. The van der Waals surface area contributed by atoms with Crippen molar-refractivity contribution in [1.82, 2.24) is 5.32 Å². The van der Waals surface area contributed by atoms with E-state index in [-0.39, 0.29) is 18.0 Å². The van der Waals surface area contributed by atoms with E-state index in [9.17, 15) is 4.79 Å². The molecule has 0 radical (unpaired) electrons. The van der Waals surface area contributed by atoms with Gasteiger partial charge in [-0.25, -0.2) is 0 Å².